The van der Waals surface area contributed by atoms with Gasteiger partial charge in [-0.2, -0.15) is 0 Å². The summed E-state index contributed by atoms with van der Waals surface area (Å²) in [5.41, 5.74) is 5.83. The number of nitrogens with zero attached hydrogens (tertiary/aromatic N) is 1. The third-order valence-electron chi connectivity index (χ3n) is 3.74. The van der Waals surface area contributed by atoms with Crippen molar-refractivity contribution in [1.29, 1.82) is 0 Å². The standard InChI is InChI=1S/C12H23N3O/c1-9-6-11(7-9)14-12(16)8-15-4-2-10(13)3-5-15/h9-11H,2-8,13H2,1H3,(H,14,16). The lowest BCUT2D eigenvalue weighted by atomic mass is 9.82. The lowest BCUT2D eigenvalue weighted by Crippen LogP contribution is -2.49. The van der Waals surface area contributed by atoms with Crippen LogP contribution in [0.3, 0.4) is 0 Å². The zero-order valence-corrected chi connectivity index (χ0v) is 10.1. The number of rotatable bonds is 3. The molecule has 0 unspecified atom stereocenters. The van der Waals surface area contributed by atoms with Gasteiger partial charge in [0.1, 0.15) is 0 Å². The molecule has 4 heteroatoms. The lowest BCUT2D eigenvalue weighted by Gasteiger charge is -2.35. The molecular formula is C12H23N3O. The van der Waals surface area contributed by atoms with E-state index < -0.39 is 0 Å². The summed E-state index contributed by atoms with van der Waals surface area (Å²) in [7, 11) is 0. The minimum Gasteiger partial charge on any atom is -0.352 e. The van der Waals surface area contributed by atoms with Crippen molar-refractivity contribution < 1.29 is 4.79 Å². The monoisotopic (exact) mass is 225 g/mol. The second-order valence-electron chi connectivity index (χ2n) is 5.45. The molecule has 1 saturated heterocycles. The minimum absolute atomic E-state index is 0.187. The molecule has 2 rings (SSSR count). The van der Waals surface area contributed by atoms with E-state index in [0.29, 0.717) is 18.6 Å². The van der Waals surface area contributed by atoms with E-state index in [1.807, 2.05) is 0 Å². The Balaban J connectivity index is 1.63. The Hall–Kier alpha value is -0.610. The van der Waals surface area contributed by atoms with E-state index in [9.17, 15) is 4.79 Å². The van der Waals surface area contributed by atoms with Gasteiger partial charge in [0.05, 0.1) is 6.54 Å². The molecule has 0 aromatic rings. The van der Waals surface area contributed by atoms with Gasteiger partial charge in [-0.1, -0.05) is 6.92 Å². The molecule has 0 radical (unpaired) electrons. The Kier molecular flexibility index (Phi) is 3.82. The van der Waals surface area contributed by atoms with Crippen molar-refractivity contribution in [2.75, 3.05) is 19.6 Å². The molecule has 1 amide bonds. The van der Waals surface area contributed by atoms with Crippen LogP contribution in [-0.2, 0) is 4.79 Å². The molecule has 92 valence electrons. The Morgan fingerprint density at radius 3 is 2.56 bits per heavy atom. The average molecular weight is 225 g/mol. The summed E-state index contributed by atoms with van der Waals surface area (Å²) in [6.45, 7) is 4.72. The predicted octanol–water partition coefficient (Wildman–Crippen LogP) is 0.324. The van der Waals surface area contributed by atoms with Gasteiger partial charge in [0.25, 0.3) is 0 Å². The molecule has 1 saturated carbocycles. The van der Waals surface area contributed by atoms with Crippen LogP contribution in [0, 0.1) is 5.92 Å². The van der Waals surface area contributed by atoms with Crippen LogP contribution >= 0.6 is 0 Å². The van der Waals surface area contributed by atoms with Gasteiger partial charge in [0.15, 0.2) is 0 Å². The molecule has 0 aromatic heterocycles. The number of hydrogen-bond acceptors (Lipinski definition) is 3. The molecule has 1 aliphatic heterocycles. The number of likely N-dealkylation sites (tertiary alicyclic amines) is 1. The molecule has 16 heavy (non-hydrogen) atoms. The Labute approximate surface area is 97.6 Å². The molecule has 0 aromatic carbocycles. The number of nitrogens with one attached hydrogen (secondary N) is 1. The van der Waals surface area contributed by atoms with Crippen LogP contribution in [0.2, 0.25) is 0 Å². The summed E-state index contributed by atoms with van der Waals surface area (Å²) < 4.78 is 0. The van der Waals surface area contributed by atoms with Gasteiger partial charge < -0.3 is 11.1 Å². The van der Waals surface area contributed by atoms with Gasteiger partial charge >= 0.3 is 0 Å². The van der Waals surface area contributed by atoms with E-state index in [0.717, 1.165) is 44.7 Å². The largest absolute Gasteiger partial charge is 0.352 e. The maximum absolute atomic E-state index is 11.7. The highest BCUT2D eigenvalue weighted by molar-refractivity contribution is 5.78. The summed E-state index contributed by atoms with van der Waals surface area (Å²) in [5, 5.41) is 3.09. The van der Waals surface area contributed by atoms with Crippen molar-refractivity contribution >= 4 is 5.91 Å². The fourth-order valence-corrected chi connectivity index (χ4v) is 2.61. The third kappa shape index (κ3) is 3.19. The highest BCUT2D eigenvalue weighted by atomic mass is 16.2. The molecule has 3 N–H and O–H groups in total. The van der Waals surface area contributed by atoms with Crippen LogP contribution in [0.15, 0.2) is 0 Å². The van der Waals surface area contributed by atoms with Crippen molar-refractivity contribution in [3.8, 4) is 0 Å². The number of amides is 1. The van der Waals surface area contributed by atoms with Gasteiger partial charge in [-0.25, -0.2) is 0 Å². The number of piperidine rings is 1. The molecular weight excluding hydrogens is 202 g/mol. The van der Waals surface area contributed by atoms with Crippen LogP contribution in [0.1, 0.15) is 32.6 Å². The van der Waals surface area contributed by atoms with Crippen molar-refractivity contribution in [1.82, 2.24) is 10.2 Å². The molecule has 0 bridgehead atoms. The molecule has 2 aliphatic rings. The van der Waals surface area contributed by atoms with Crippen LogP contribution in [-0.4, -0.2) is 42.5 Å². The first-order valence-corrected chi connectivity index (χ1v) is 6.41. The fourth-order valence-electron chi connectivity index (χ4n) is 2.61. The quantitative estimate of drug-likeness (QED) is 0.727. The second-order valence-corrected chi connectivity index (χ2v) is 5.45. The van der Waals surface area contributed by atoms with E-state index in [1.165, 1.54) is 0 Å². The van der Waals surface area contributed by atoms with E-state index in [2.05, 4.69) is 17.1 Å². The Morgan fingerprint density at radius 2 is 2.00 bits per heavy atom. The van der Waals surface area contributed by atoms with Gasteiger partial charge in [-0.15, -0.1) is 0 Å². The lowest BCUT2D eigenvalue weighted by molar-refractivity contribution is -0.124. The van der Waals surface area contributed by atoms with Crippen LogP contribution in [0.25, 0.3) is 0 Å². The first kappa shape index (κ1) is 11.9. The van der Waals surface area contributed by atoms with Crippen molar-refractivity contribution in [2.24, 2.45) is 11.7 Å². The Morgan fingerprint density at radius 1 is 1.38 bits per heavy atom. The first-order chi connectivity index (χ1) is 7.63. The van der Waals surface area contributed by atoms with Crippen molar-refractivity contribution in [2.45, 2.75) is 44.7 Å². The summed E-state index contributed by atoms with van der Waals surface area (Å²) in [4.78, 5) is 13.9. The fraction of sp³-hybridized carbons (Fsp3) is 0.917. The van der Waals surface area contributed by atoms with Crippen LogP contribution < -0.4 is 11.1 Å². The van der Waals surface area contributed by atoms with Gasteiger partial charge in [-0.3, -0.25) is 9.69 Å². The zero-order valence-electron chi connectivity index (χ0n) is 10.1. The predicted molar refractivity (Wildman–Crippen MR) is 64.0 cm³/mol. The number of nitrogens with two attached hydrogens (primary N) is 1. The van der Waals surface area contributed by atoms with E-state index in [1.54, 1.807) is 0 Å². The van der Waals surface area contributed by atoms with Crippen molar-refractivity contribution in [3.05, 3.63) is 0 Å². The smallest absolute Gasteiger partial charge is 0.234 e. The maximum Gasteiger partial charge on any atom is 0.234 e. The number of carbonyl (C=O) groups excluding carboxylic acids is 1. The molecule has 4 nitrogen and oxygen atoms in total. The molecule has 2 fully saturated rings. The summed E-state index contributed by atoms with van der Waals surface area (Å²) in [6.07, 6.45) is 4.34. The molecule has 0 spiro atoms. The Bertz CT molecular complexity index is 243. The van der Waals surface area contributed by atoms with E-state index >= 15 is 0 Å². The second kappa shape index (κ2) is 5.15. The number of carbonyl (C=O) groups is 1. The summed E-state index contributed by atoms with van der Waals surface area (Å²) >= 11 is 0. The third-order valence-corrected chi connectivity index (χ3v) is 3.74. The average Bonchev–Trinajstić information content (AvgIpc) is 2.19. The van der Waals surface area contributed by atoms with Gasteiger partial charge in [0, 0.05) is 25.2 Å². The normalized spacial score (nSPS) is 32.1. The first-order valence-electron chi connectivity index (χ1n) is 6.41. The van der Waals surface area contributed by atoms with Gasteiger partial charge in [-0.05, 0) is 31.6 Å². The topological polar surface area (TPSA) is 58.4 Å². The zero-order chi connectivity index (χ0) is 11.5. The summed E-state index contributed by atoms with van der Waals surface area (Å²) in [5.74, 6) is 0.977. The molecule has 0 atom stereocenters. The van der Waals surface area contributed by atoms with Crippen molar-refractivity contribution in [3.63, 3.8) is 0 Å². The van der Waals surface area contributed by atoms with E-state index in [4.69, 9.17) is 5.73 Å². The highest BCUT2D eigenvalue weighted by Gasteiger charge is 2.27. The maximum atomic E-state index is 11.7. The van der Waals surface area contributed by atoms with Gasteiger partial charge in [0.2, 0.25) is 5.91 Å². The van der Waals surface area contributed by atoms with E-state index in [-0.39, 0.29) is 5.91 Å². The van der Waals surface area contributed by atoms with Crippen LogP contribution in [0.5, 0.6) is 0 Å². The van der Waals surface area contributed by atoms with Crippen LogP contribution in [0.4, 0.5) is 0 Å². The highest BCUT2D eigenvalue weighted by Crippen LogP contribution is 2.26. The molecule has 1 heterocycles. The summed E-state index contributed by atoms with van der Waals surface area (Å²) in [6, 6.07) is 0.779. The molecule has 1 aliphatic carbocycles. The minimum atomic E-state index is 0.187. The SMILES string of the molecule is CC1CC(NC(=O)CN2CCC(N)CC2)C1. The number of hydrogen-bond donors (Lipinski definition) is 2.